The highest BCUT2D eigenvalue weighted by Crippen LogP contribution is 2.20. The van der Waals surface area contributed by atoms with Crippen molar-refractivity contribution in [2.45, 2.75) is 6.92 Å². The van der Waals surface area contributed by atoms with Crippen molar-refractivity contribution in [3.63, 3.8) is 0 Å². The molecular formula is C10H7N3O2. The molecule has 0 fully saturated rings. The van der Waals surface area contributed by atoms with E-state index < -0.39 is 0 Å². The van der Waals surface area contributed by atoms with Gasteiger partial charge >= 0.3 is 0 Å². The van der Waals surface area contributed by atoms with Crippen LogP contribution in [0.4, 0.5) is 0 Å². The number of aromatic nitrogens is 3. The summed E-state index contributed by atoms with van der Waals surface area (Å²) in [5.74, 6) is 0. The minimum Gasteiger partial charge on any atom is -0.355 e. The van der Waals surface area contributed by atoms with Gasteiger partial charge in [0.25, 0.3) is 5.56 Å². The molecule has 1 N–H and O–H groups in total. The summed E-state index contributed by atoms with van der Waals surface area (Å²) in [6.45, 7) is 1.74. The van der Waals surface area contributed by atoms with Crippen molar-refractivity contribution in [2.24, 2.45) is 0 Å². The fourth-order valence-electron chi connectivity index (χ4n) is 1.68. The molecule has 0 aliphatic heterocycles. The number of nitrogens with zero attached hydrogens (tertiary/aromatic N) is 2. The van der Waals surface area contributed by atoms with Gasteiger partial charge in [0.15, 0.2) is 5.58 Å². The largest absolute Gasteiger partial charge is 0.355 e. The third kappa shape index (κ3) is 0.999. The van der Waals surface area contributed by atoms with Crippen LogP contribution in [0.5, 0.6) is 0 Å². The first-order valence-corrected chi connectivity index (χ1v) is 4.50. The summed E-state index contributed by atoms with van der Waals surface area (Å²) < 4.78 is 5.13. The Morgan fingerprint density at radius 1 is 1.47 bits per heavy atom. The standard InChI is InChI=1S/C10H7N3O2/c1-5-7-8(15-13-5)6-3-2-4-11-9(6)12-10(7)14/h2-4H,1H3,(H,11,12,14). The molecule has 3 aromatic rings. The van der Waals surface area contributed by atoms with Crippen molar-refractivity contribution >= 4 is 22.0 Å². The quantitative estimate of drug-likeness (QED) is 0.596. The fourth-order valence-corrected chi connectivity index (χ4v) is 1.68. The van der Waals surface area contributed by atoms with E-state index in [1.807, 2.05) is 6.07 Å². The molecule has 0 bridgehead atoms. The van der Waals surface area contributed by atoms with E-state index in [9.17, 15) is 4.79 Å². The Hall–Kier alpha value is -2.17. The Balaban J connectivity index is 2.71. The minimum atomic E-state index is -0.213. The number of aryl methyl sites for hydroxylation is 1. The van der Waals surface area contributed by atoms with Gasteiger partial charge in [0.05, 0.1) is 11.1 Å². The number of hydrogen-bond acceptors (Lipinski definition) is 4. The molecule has 15 heavy (non-hydrogen) atoms. The molecule has 0 atom stereocenters. The Morgan fingerprint density at radius 3 is 3.20 bits per heavy atom. The molecule has 5 nitrogen and oxygen atoms in total. The van der Waals surface area contributed by atoms with Crippen molar-refractivity contribution in [1.29, 1.82) is 0 Å². The molecule has 0 radical (unpaired) electrons. The van der Waals surface area contributed by atoms with Crippen LogP contribution in [-0.4, -0.2) is 15.1 Å². The number of hydrogen-bond donors (Lipinski definition) is 1. The lowest BCUT2D eigenvalue weighted by Crippen LogP contribution is -2.06. The third-order valence-corrected chi connectivity index (χ3v) is 2.37. The van der Waals surface area contributed by atoms with E-state index in [4.69, 9.17) is 4.52 Å². The first kappa shape index (κ1) is 8.16. The number of H-pyrrole nitrogens is 1. The van der Waals surface area contributed by atoms with Gasteiger partial charge in [-0.05, 0) is 19.1 Å². The van der Waals surface area contributed by atoms with Crippen LogP contribution >= 0.6 is 0 Å². The Kier molecular flexibility index (Phi) is 1.45. The molecule has 74 valence electrons. The summed E-state index contributed by atoms with van der Waals surface area (Å²) in [6, 6.07) is 3.63. The monoisotopic (exact) mass is 201 g/mol. The SMILES string of the molecule is Cc1noc2c1c(=O)[nH]c1ncccc12. The van der Waals surface area contributed by atoms with Gasteiger partial charge in [-0.3, -0.25) is 4.79 Å². The van der Waals surface area contributed by atoms with Crippen LogP contribution in [0.1, 0.15) is 5.69 Å². The Labute approximate surface area is 83.7 Å². The Morgan fingerprint density at radius 2 is 2.33 bits per heavy atom. The lowest BCUT2D eigenvalue weighted by molar-refractivity contribution is 0.452. The highest BCUT2D eigenvalue weighted by Gasteiger charge is 2.12. The van der Waals surface area contributed by atoms with Gasteiger partial charge in [0.1, 0.15) is 11.0 Å². The Bertz CT molecular complexity index is 711. The second kappa shape index (κ2) is 2.66. The molecule has 3 aromatic heterocycles. The van der Waals surface area contributed by atoms with Crippen molar-refractivity contribution in [3.05, 3.63) is 34.4 Å². The van der Waals surface area contributed by atoms with Crippen LogP contribution in [0.2, 0.25) is 0 Å². The highest BCUT2D eigenvalue weighted by atomic mass is 16.5. The third-order valence-electron chi connectivity index (χ3n) is 2.37. The zero-order valence-electron chi connectivity index (χ0n) is 7.94. The minimum absolute atomic E-state index is 0.213. The number of pyridine rings is 2. The molecule has 3 heterocycles. The van der Waals surface area contributed by atoms with Gasteiger partial charge in [-0.25, -0.2) is 4.98 Å². The van der Waals surface area contributed by atoms with Gasteiger partial charge in [-0.15, -0.1) is 0 Å². The summed E-state index contributed by atoms with van der Waals surface area (Å²) in [7, 11) is 0. The summed E-state index contributed by atoms with van der Waals surface area (Å²) in [6.07, 6.45) is 1.62. The smallest absolute Gasteiger partial charge is 0.262 e. The van der Waals surface area contributed by atoms with Crippen LogP contribution < -0.4 is 5.56 Å². The normalized spacial score (nSPS) is 11.3. The van der Waals surface area contributed by atoms with Crippen LogP contribution in [0, 0.1) is 6.92 Å². The van der Waals surface area contributed by atoms with Gasteiger partial charge < -0.3 is 9.51 Å². The van der Waals surface area contributed by atoms with Crippen LogP contribution in [-0.2, 0) is 0 Å². The first-order valence-electron chi connectivity index (χ1n) is 4.50. The molecule has 0 saturated heterocycles. The first-order chi connectivity index (χ1) is 7.27. The van der Waals surface area contributed by atoms with Crippen LogP contribution in [0.25, 0.3) is 22.0 Å². The van der Waals surface area contributed by atoms with Crippen molar-refractivity contribution in [2.75, 3.05) is 0 Å². The molecule has 0 spiro atoms. The van der Waals surface area contributed by atoms with Crippen molar-refractivity contribution < 1.29 is 4.52 Å². The predicted molar refractivity (Wildman–Crippen MR) is 54.7 cm³/mol. The summed E-state index contributed by atoms with van der Waals surface area (Å²) in [4.78, 5) is 18.4. The lowest BCUT2D eigenvalue weighted by atomic mass is 10.2. The number of aromatic amines is 1. The summed E-state index contributed by atoms with van der Waals surface area (Å²) in [5.41, 5.74) is 1.40. The van der Waals surface area contributed by atoms with Gasteiger partial charge in [0, 0.05) is 6.20 Å². The molecule has 0 aliphatic rings. The lowest BCUT2D eigenvalue weighted by Gasteiger charge is -1.95. The maximum atomic E-state index is 11.7. The van der Waals surface area contributed by atoms with E-state index >= 15 is 0 Å². The van der Waals surface area contributed by atoms with E-state index in [0.29, 0.717) is 22.3 Å². The van der Waals surface area contributed by atoms with E-state index in [-0.39, 0.29) is 5.56 Å². The van der Waals surface area contributed by atoms with E-state index in [0.717, 1.165) is 5.39 Å². The van der Waals surface area contributed by atoms with Gasteiger partial charge in [-0.1, -0.05) is 5.16 Å². The molecule has 3 rings (SSSR count). The highest BCUT2D eigenvalue weighted by molar-refractivity contribution is 6.00. The van der Waals surface area contributed by atoms with Crippen LogP contribution in [0.3, 0.4) is 0 Å². The maximum absolute atomic E-state index is 11.7. The van der Waals surface area contributed by atoms with Crippen LogP contribution in [0.15, 0.2) is 27.6 Å². The molecule has 0 saturated carbocycles. The topological polar surface area (TPSA) is 71.8 Å². The van der Waals surface area contributed by atoms with E-state index in [1.165, 1.54) is 0 Å². The summed E-state index contributed by atoms with van der Waals surface area (Å²) in [5, 5.41) is 5.05. The van der Waals surface area contributed by atoms with Gasteiger partial charge in [0.2, 0.25) is 0 Å². The second-order valence-electron chi connectivity index (χ2n) is 3.33. The second-order valence-corrected chi connectivity index (χ2v) is 3.33. The zero-order valence-corrected chi connectivity index (χ0v) is 7.94. The van der Waals surface area contributed by atoms with Gasteiger partial charge in [-0.2, -0.15) is 0 Å². The molecule has 0 aromatic carbocycles. The number of fused-ring (bicyclic) bond motifs is 3. The van der Waals surface area contributed by atoms with E-state index in [1.54, 1.807) is 19.2 Å². The molecule has 5 heteroatoms. The molecule has 0 unspecified atom stereocenters. The van der Waals surface area contributed by atoms with E-state index in [2.05, 4.69) is 15.1 Å². The van der Waals surface area contributed by atoms with Crippen molar-refractivity contribution in [1.82, 2.24) is 15.1 Å². The molecule has 0 aliphatic carbocycles. The average molecular weight is 201 g/mol. The zero-order chi connectivity index (χ0) is 10.4. The summed E-state index contributed by atoms with van der Waals surface area (Å²) >= 11 is 0. The van der Waals surface area contributed by atoms with Crippen molar-refractivity contribution in [3.8, 4) is 0 Å². The molecular weight excluding hydrogens is 194 g/mol. The fraction of sp³-hybridized carbons (Fsp3) is 0.100. The molecule has 0 amide bonds. The average Bonchev–Trinajstić information content (AvgIpc) is 2.62. The number of rotatable bonds is 0. The predicted octanol–water partition coefficient (Wildman–Crippen LogP) is 1.37. The maximum Gasteiger partial charge on any atom is 0.262 e. The number of nitrogens with one attached hydrogen (secondary N) is 1.